The van der Waals surface area contributed by atoms with Gasteiger partial charge in [0.25, 0.3) is 0 Å². The Balaban J connectivity index is 2.25. The fraction of sp³-hybridized carbons (Fsp3) is 0.125. The van der Waals surface area contributed by atoms with Crippen LogP contribution < -0.4 is 16.2 Å². The number of hydrogen-bond donors (Lipinski definition) is 2. The van der Waals surface area contributed by atoms with Gasteiger partial charge in [0.2, 0.25) is 10.8 Å². The first-order valence-electron chi connectivity index (χ1n) is 4.08. The summed E-state index contributed by atoms with van der Waals surface area (Å²) in [6, 6.07) is 9.21. The average molecular weight is 207 g/mol. The van der Waals surface area contributed by atoms with Crippen LogP contribution in [0.15, 0.2) is 30.3 Å². The van der Waals surface area contributed by atoms with E-state index in [-0.39, 0.29) is 6.61 Å². The van der Waals surface area contributed by atoms with Crippen molar-refractivity contribution in [3.63, 3.8) is 0 Å². The van der Waals surface area contributed by atoms with Crippen molar-refractivity contribution >= 4 is 6.09 Å². The topological polar surface area (TPSA) is 101 Å². The highest BCUT2D eigenvalue weighted by Gasteiger charge is 2.03. The van der Waals surface area contributed by atoms with Crippen LogP contribution in [0.1, 0.15) is 5.56 Å². The molecule has 1 aromatic rings. The number of nitrogens with one attached hydrogen (secondary N) is 2. The number of amides is 1. The van der Waals surface area contributed by atoms with E-state index < -0.39 is 6.09 Å². The smallest absolute Gasteiger partial charge is 0.442 e. The number of hydrogen-bond acceptors (Lipinski definition) is 3. The summed E-state index contributed by atoms with van der Waals surface area (Å²) in [5.74, 6) is 0. The van der Waals surface area contributed by atoms with Gasteiger partial charge in [0, 0.05) is 0 Å². The Labute approximate surface area is 85.6 Å². The lowest BCUT2D eigenvalue weighted by Gasteiger charge is -2.02. The number of hydrazine groups is 1. The fourth-order valence-electron chi connectivity index (χ4n) is 0.852. The second-order valence-corrected chi connectivity index (χ2v) is 2.49. The molecule has 0 heterocycles. The van der Waals surface area contributed by atoms with Crippen LogP contribution in [0.4, 0.5) is 4.79 Å². The number of carbonyl (C=O) groups is 1. The first-order valence-corrected chi connectivity index (χ1v) is 4.08. The molecule has 1 radical (unpaired) electrons. The second kappa shape index (κ2) is 6.11. The van der Waals surface area contributed by atoms with Gasteiger partial charge in [-0.1, -0.05) is 35.9 Å². The van der Waals surface area contributed by atoms with Crippen molar-refractivity contribution in [2.24, 2.45) is 0 Å². The maximum absolute atomic E-state index is 10.9. The molecule has 0 unspecified atom stereocenters. The molecule has 0 fully saturated rings. The van der Waals surface area contributed by atoms with Gasteiger partial charge in [-0.25, -0.2) is 4.79 Å². The molecular weight excluding hydrogens is 198 g/mol. The molecule has 77 valence electrons. The van der Waals surface area contributed by atoms with Gasteiger partial charge in [0.1, 0.15) is 6.61 Å². The maximum atomic E-state index is 10.9. The van der Waals surface area contributed by atoms with Gasteiger partial charge >= 0.3 is 6.09 Å². The highest BCUT2D eigenvalue weighted by Crippen LogP contribution is 1.99. The summed E-state index contributed by atoms with van der Waals surface area (Å²) in [6.07, 6.45) is -0.716. The third kappa shape index (κ3) is 4.39. The van der Waals surface area contributed by atoms with Gasteiger partial charge in [-0.15, -0.1) is 5.43 Å². The lowest BCUT2D eigenvalue weighted by molar-refractivity contribution is 0.134. The summed E-state index contributed by atoms with van der Waals surface area (Å²) < 4.78 is 4.78. The van der Waals surface area contributed by atoms with Crippen LogP contribution in [0.5, 0.6) is 0 Å². The van der Waals surface area contributed by atoms with Crippen LogP contribution in [0.3, 0.4) is 0 Å². The van der Waals surface area contributed by atoms with Gasteiger partial charge in [0.05, 0.1) is 4.91 Å². The fourth-order valence-corrected chi connectivity index (χ4v) is 0.852. The van der Waals surface area contributed by atoms with Crippen molar-refractivity contribution in [2.75, 3.05) is 0 Å². The number of benzene rings is 1. The SMILES string of the molecule is [N-]=[N+]=[N+]NNC(=O)OCc1ccccc1. The Kier molecular flexibility index (Phi) is 4.35. The summed E-state index contributed by atoms with van der Waals surface area (Å²) >= 11 is 0. The van der Waals surface area contributed by atoms with Crippen LogP contribution in [0, 0.1) is 0 Å². The molecule has 0 bridgehead atoms. The molecule has 7 nitrogen and oxygen atoms in total. The third-order valence-corrected chi connectivity index (χ3v) is 1.47. The summed E-state index contributed by atoms with van der Waals surface area (Å²) in [5, 5.41) is 2.89. The van der Waals surface area contributed by atoms with Crippen molar-refractivity contribution in [1.82, 2.24) is 16.2 Å². The molecule has 0 saturated heterocycles. The van der Waals surface area contributed by atoms with Crippen molar-refractivity contribution in [2.45, 2.75) is 6.61 Å². The van der Waals surface area contributed by atoms with Gasteiger partial charge in [-0.05, 0) is 5.56 Å². The van der Waals surface area contributed by atoms with Crippen molar-refractivity contribution in [3.05, 3.63) is 46.3 Å². The van der Waals surface area contributed by atoms with Gasteiger partial charge in [0.15, 0.2) is 0 Å². The van der Waals surface area contributed by atoms with Crippen molar-refractivity contribution in [1.29, 1.82) is 0 Å². The van der Waals surface area contributed by atoms with E-state index in [0.29, 0.717) is 0 Å². The lowest BCUT2D eigenvalue weighted by Crippen LogP contribution is -2.38. The minimum absolute atomic E-state index is 0.157. The van der Waals surface area contributed by atoms with Crippen LogP contribution in [-0.4, -0.2) is 6.09 Å². The van der Waals surface area contributed by atoms with Crippen molar-refractivity contribution < 1.29 is 9.53 Å². The zero-order valence-electron chi connectivity index (χ0n) is 7.75. The van der Waals surface area contributed by atoms with E-state index in [1.54, 1.807) is 0 Å². The van der Waals surface area contributed by atoms with E-state index in [4.69, 9.17) is 10.3 Å². The second-order valence-electron chi connectivity index (χ2n) is 2.49. The Bertz CT molecular complexity index is 361. The van der Waals surface area contributed by atoms with Gasteiger partial charge < -0.3 is 4.74 Å². The highest BCUT2D eigenvalue weighted by molar-refractivity contribution is 5.66. The zero-order chi connectivity index (χ0) is 10.9. The third-order valence-electron chi connectivity index (χ3n) is 1.47. The normalized spacial score (nSPS) is 8.53. The van der Waals surface area contributed by atoms with E-state index in [1.165, 1.54) is 0 Å². The van der Waals surface area contributed by atoms with Crippen LogP contribution >= 0.6 is 0 Å². The molecular formula is C8H9N5O2+. The predicted octanol–water partition coefficient (Wildman–Crippen LogP) is 0.979. The number of ether oxygens (including phenoxy) is 1. The lowest BCUT2D eigenvalue weighted by atomic mass is 10.2. The van der Waals surface area contributed by atoms with Crippen LogP contribution in [0.25, 0.3) is 10.4 Å². The number of azide groups is 1. The molecule has 0 aliphatic carbocycles. The molecule has 1 amide bonds. The largest absolute Gasteiger partial charge is 0.444 e. The molecule has 1 aromatic carbocycles. The molecule has 0 aromatic heterocycles. The number of nitrogens with zero attached hydrogens (tertiary/aromatic N) is 3. The van der Waals surface area contributed by atoms with Crippen LogP contribution in [-0.2, 0) is 11.3 Å². The Morgan fingerprint density at radius 1 is 1.40 bits per heavy atom. The molecule has 7 heteroatoms. The Morgan fingerprint density at radius 3 is 2.80 bits per heavy atom. The minimum atomic E-state index is -0.716. The highest BCUT2D eigenvalue weighted by atomic mass is 16.6. The van der Waals surface area contributed by atoms with Gasteiger partial charge in [-0.2, -0.15) is 0 Å². The molecule has 0 aliphatic heterocycles. The molecule has 0 saturated carbocycles. The van der Waals surface area contributed by atoms with E-state index in [1.807, 2.05) is 41.3 Å². The summed E-state index contributed by atoms with van der Waals surface area (Å²) in [7, 11) is 0. The predicted molar refractivity (Wildman–Crippen MR) is 51.8 cm³/mol. The van der Waals surface area contributed by atoms with E-state index in [0.717, 1.165) is 5.56 Å². The minimum Gasteiger partial charge on any atom is -0.442 e. The molecule has 0 spiro atoms. The summed E-state index contributed by atoms with van der Waals surface area (Å²) in [6.45, 7) is 0.157. The average Bonchev–Trinajstić information content (AvgIpc) is 2.28. The summed E-state index contributed by atoms with van der Waals surface area (Å²) in [5.41, 5.74) is 12.7. The first kappa shape index (κ1) is 10.7. The Hall–Kier alpha value is -2.40. The monoisotopic (exact) mass is 207 g/mol. The quantitative estimate of drug-likeness (QED) is 0.333. The first-order chi connectivity index (χ1) is 7.33. The molecule has 0 atom stereocenters. The standard InChI is InChI=1S/C8H9N5O2/c9-11-13-12-10-8(14)15-6-7-4-2-1-3-5-7/h1-5,12H,6H2,(H,10,14)/q+1. The van der Waals surface area contributed by atoms with E-state index in [2.05, 4.69) is 10.1 Å². The van der Waals surface area contributed by atoms with Crippen LogP contribution in [0.2, 0.25) is 0 Å². The summed E-state index contributed by atoms with van der Waals surface area (Å²) in [4.78, 5) is 13.3. The zero-order valence-corrected chi connectivity index (χ0v) is 7.75. The van der Waals surface area contributed by atoms with Crippen molar-refractivity contribution in [3.8, 4) is 0 Å². The van der Waals surface area contributed by atoms with E-state index >= 15 is 0 Å². The van der Waals surface area contributed by atoms with E-state index in [9.17, 15) is 4.79 Å². The number of rotatable bonds is 4. The molecule has 1 rings (SSSR count). The molecule has 0 aliphatic rings. The van der Waals surface area contributed by atoms with Gasteiger partial charge in [-0.3, -0.25) is 0 Å². The Morgan fingerprint density at radius 2 is 2.13 bits per heavy atom. The molecule has 2 N–H and O–H groups in total. The number of carbonyl (C=O) groups excluding carboxylic acids is 1. The molecule has 15 heavy (non-hydrogen) atoms. The maximum Gasteiger partial charge on any atom is 0.444 e.